The smallest absolute Gasteiger partial charge is 0.306 e. The van der Waals surface area contributed by atoms with Crippen molar-refractivity contribution in [2.45, 2.75) is 6.54 Å². The summed E-state index contributed by atoms with van der Waals surface area (Å²) in [6, 6.07) is 1.19. The van der Waals surface area contributed by atoms with Crippen LogP contribution in [0.4, 0.5) is 4.39 Å². The number of nitrogens with zero attached hydrogens (tertiary/aromatic N) is 3. The summed E-state index contributed by atoms with van der Waals surface area (Å²) in [7, 11) is -1.18. The third-order valence-corrected chi connectivity index (χ3v) is 2.74. The molecule has 80 valence electrons. The molecule has 0 aliphatic rings. The molecule has 1 heterocycles. The van der Waals surface area contributed by atoms with Crippen LogP contribution >= 0.6 is 11.6 Å². The number of halogens is 2. The Labute approximate surface area is 93.8 Å². The highest BCUT2D eigenvalue weighted by Crippen LogP contribution is 2.12. The minimum Gasteiger partial charge on any atom is -0.306 e. The van der Waals surface area contributed by atoms with E-state index in [0.717, 1.165) is 3.95 Å². The standard InChI is InChI=1S/C8H7ClFN3OS/c1-15(14)13(5-11)4-6-2-7(10)8(9)12-3-6/h2-3H,4H2,1H3/p+1. The molecular formula is C8H8ClFN3OS+. The molecule has 0 saturated carbocycles. The average Bonchev–Trinajstić information content (AvgIpc) is 2.19. The van der Waals surface area contributed by atoms with Gasteiger partial charge in [-0.15, -0.1) is 3.95 Å². The van der Waals surface area contributed by atoms with Crippen LogP contribution in [0.15, 0.2) is 12.3 Å². The number of pyridine rings is 1. The maximum absolute atomic E-state index is 13.0. The summed E-state index contributed by atoms with van der Waals surface area (Å²) >= 11 is 5.40. The van der Waals surface area contributed by atoms with Gasteiger partial charge in [0.25, 0.3) is 0 Å². The van der Waals surface area contributed by atoms with Crippen LogP contribution in [0.3, 0.4) is 0 Å². The van der Waals surface area contributed by atoms with E-state index in [1.165, 1.54) is 18.5 Å². The largest absolute Gasteiger partial charge is 0.467 e. The lowest BCUT2D eigenvalue weighted by Gasteiger charge is -1.99. The van der Waals surface area contributed by atoms with Gasteiger partial charge in [0.05, 0.1) is 0 Å². The zero-order chi connectivity index (χ0) is 11.4. The van der Waals surface area contributed by atoms with Crippen LogP contribution in [0.2, 0.25) is 5.15 Å². The van der Waals surface area contributed by atoms with E-state index < -0.39 is 16.8 Å². The maximum atomic E-state index is 13.0. The molecule has 4 nitrogen and oxygen atoms in total. The van der Waals surface area contributed by atoms with Gasteiger partial charge in [0.2, 0.25) is 0 Å². The number of nitriles is 1. The zero-order valence-corrected chi connectivity index (χ0v) is 9.39. The molecule has 1 atom stereocenters. The fourth-order valence-electron chi connectivity index (χ4n) is 0.901. The summed E-state index contributed by atoms with van der Waals surface area (Å²) in [4.78, 5) is 3.60. The molecule has 1 unspecified atom stereocenters. The second kappa shape index (κ2) is 5.16. The molecule has 0 radical (unpaired) electrons. The van der Waals surface area contributed by atoms with Gasteiger partial charge in [0.1, 0.15) is 17.5 Å². The van der Waals surface area contributed by atoms with Gasteiger partial charge in [-0.25, -0.2) is 9.37 Å². The van der Waals surface area contributed by atoms with Crippen LogP contribution in [-0.4, -0.2) is 19.7 Å². The van der Waals surface area contributed by atoms with Crippen molar-refractivity contribution >= 4 is 22.6 Å². The Morgan fingerprint density at radius 1 is 1.80 bits per heavy atom. The topological polar surface area (TPSA) is 59.9 Å². The van der Waals surface area contributed by atoms with Crippen molar-refractivity contribution in [3.05, 3.63) is 28.8 Å². The average molecular weight is 249 g/mol. The van der Waals surface area contributed by atoms with E-state index >= 15 is 0 Å². The summed E-state index contributed by atoms with van der Waals surface area (Å²) in [5.74, 6) is -0.638. The summed E-state index contributed by atoms with van der Waals surface area (Å²) in [5, 5.41) is 8.46. The van der Waals surface area contributed by atoms with Gasteiger partial charge in [0, 0.05) is 18.0 Å². The fourth-order valence-corrected chi connectivity index (χ4v) is 1.46. The highest BCUT2D eigenvalue weighted by molar-refractivity contribution is 7.78. The van der Waals surface area contributed by atoms with Gasteiger partial charge >= 0.3 is 6.19 Å². The first-order valence-corrected chi connectivity index (χ1v) is 5.79. The van der Waals surface area contributed by atoms with Crippen molar-refractivity contribution < 1.29 is 12.9 Å². The van der Waals surface area contributed by atoms with Crippen LogP contribution in [0, 0.1) is 17.3 Å². The lowest BCUT2D eigenvalue weighted by atomic mass is 10.3. The van der Waals surface area contributed by atoms with Crippen LogP contribution in [0.5, 0.6) is 0 Å². The Morgan fingerprint density at radius 2 is 2.47 bits per heavy atom. The third-order valence-electron chi connectivity index (χ3n) is 1.61. The molecule has 7 heteroatoms. The lowest BCUT2D eigenvalue weighted by Crippen LogP contribution is -2.10. The number of aromatic nitrogens is 1. The van der Waals surface area contributed by atoms with Crippen molar-refractivity contribution in [2.24, 2.45) is 0 Å². The van der Waals surface area contributed by atoms with Crippen molar-refractivity contribution in [2.75, 3.05) is 6.26 Å². The Bertz CT molecular complexity index is 454. The van der Waals surface area contributed by atoms with Gasteiger partial charge < -0.3 is 4.55 Å². The molecule has 0 aliphatic heterocycles. The van der Waals surface area contributed by atoms with Crippen molar-refractivity contribution in [1.29, 1.82) is 5.26 Å². The van der Waals surface area contributed by atoms with Gasteiger partial charge in [-0.05, 0) is 6.07 Å². The highest BCUT2D eigenvalue weighted by Gasteiger charge is 2.09. The Morgan fingerprint density at radius 3 is 2.93 bits per heavy atom. The predicted octanol–water partition coefficient (Wildman–Crippen LogP) is 1.77. The molecule has 0 amide bonds. The first-order chi connectivity index (χ1) is 7.04. The molecule has 0 aliphatic carbocycles. The van der Waals surface area contributed by atoms with Crippen LogP contribution in [0.25, 0.3) is 0 Å². The lowest BCUT2D eigenvalue weighted by molar-refractivity contribution is -0.433. The van der Waals surface area contributed by atoms with E-state index in [2.05, 4.69) is 4.98 Å². The van der Waals surface area contributed by atoms with Gasteiger partial charge in [-0.2, -0.15) is 0 Å². The van der Waals surface area contributed by atoms with Crippen molar-refractivity contribution in [3.8, 4) is 6.19 Å². The second-order valence-electron chi connectivity index (χ2n) is 2.70. The molecule has 0 fully saturated rings. The molecule has 1 N–H and O–H groups in total. The highest BCUT2D eigenvalue weighted by atomic mass is 35.5. The molecule has 0 aromatic carbocycles. The van der Waals surface area contributed by atoms with Crippen molar-refractivity contribution in [3.63, 3.8) is 0 Å². The molecule has 15 heavy (non-hydrogen) atoms. The zero-order valence-electron chi connectivity index (χ0n) is 7.81. The normalized spacial score (nSPS) is 13.1. The fraction of sp³-hybridized carbons (Fsp3) is 0.250. The third kappa shape index (κ3) is 3.23. The minimum atomic E-state index is -1.18. The van der Waals surface area contributed by atoms with Gasteiger partial charge in [-0.3, -0.25) is 0 Å². The molecule has 1 aromatic heterocycles. The van der Waals surface area contributed by atoms with E-state index in [1.807, 2.05) is 0 Å². The quantitative estimate of drug-likeness (QED) is 0.376. The van der Waals surface area contributed by atoms with E-state index in [9.17, 15) is 8.94 Å². The molecule has 1 rings (SSSR count). The molecule has 0 spiro atoms. The molecule has 1 aromatic rings. The van der Waals surface area contributed by atoms with Crippen LogP contribution in [-0.2, 0) is 17.5 Å². The number of hydrogen-bond acceptors (Lipinski definition) is 2. The predicted molar refractivity (Wildman–Crippen MR) is 54.7 cm³/mol. The Hall–Kier alpha value is -1.03. The summed E-state index contributed by atoms with van der Waals surface area (Å²) in [6.07, 6.45) is 4.64. The minimum absolute atomic E-state index is 0.105. The van der Waals surface area contributed by atoms with E-state index in [-0.39, 0.29) is 11.7 Å². The van der Waals surface area contributed by atoms with E-state index in [4.69, 9.17) is 16.9 Å². The summed E-state index contributed by atoms with van der Waals surface area (Å²) < 4.78 is 23.3. The number of hydrogen-bond donors (Lipinski definition) is 1. The monoisotopic (exact) mass is 248 g/mol. The molecule has 0 bridgehead atoms. The Balaban J connectivity index is 2.97. The van der Waals surface area contributed by atoms with Gasteiger partial charge in [-0.1, -0.05) is 11.6 Å². The molecule has 0 saturated heterocycles. The molecular weight excluding hydrogens is 241 g/mol. The second-order valence-corrected chi connectivity index (χ2v) is 4.39. The Kier molecular flexibility index (Phi) is 4.15. The van der Waals surface area contributed by atoms with Crippen molar-refractivity contribution in [1.82, 2.24) is 4.98 Å². The van der Waals surface area contributed by atoms with E-state index in [1.54, 1.807) is 6.19 Å². The first-order valence-electron chi connectivity index (χ1n) is 3.87. The van der Waals surface area contributed by atoms with E-state index in [0.29, 0.717) is 5.56 Å². The maximum Gasteiger partial charge on any atom is 0.467 e. The first kappa shape index (κ1) is 12.0. The van der Waals surface area contributed by atoms with Gasteiger partial charge in [0.15, 0.2) is 16.2 Å². The SMILES string of the molecule is CS(O)=[N+](C#N)Cc1cnc(Cl)c(F)c1. The number of rotatable bonds is 2. The summed E-state index contributed by atoms with van der Waals surface area (Å²) in [5.41, 5.74) is 0.479. The van der Waals surface area contributed by atoms with Crippen LogP contribution < -0.4 is 0 Å². The van der Waals surface area contributed by atoms with Crippen LogP contribution in [0.1, 0.15) is 5.56 Å². The summed E-state index contributed by atoms with van der Waals surface area (Å²) in [6.45, 7) is 0.105.